The number of carbonyl (C=O) groups is 1. The summed E-state index contributed by atoms with van der Waals surface area (Å²) in [6.07, 6.45) is 0. The molecule has 0 aliphatic carbocycles. The molecule has 9 heteroatoms. The third-order valence-electron chi connectivity index (χ3n) is 5.08. The number of phenols is 1. The molecule has 0 unspecified atom stereocenters. The molecule has 0 spiro atoms. The van der Waals surface area contributed by atoms with Crippen LogP contribution in [0.25, 0.3) is 11.1 Å². The topological polar surface area (TPSA) is 88.2 Å². The number of ether oxygens (including phenoxy) is 1. The number of aromatic nitrogens is 1. The van der Waals surface area contributed by atoms with E-state index in [1.807, 2.05) is 12.1 Å². The first kappa shape index (κ1) is 19.2. The second-order valence-electron chi connectivity index (χ2n) is 6.79. The third-order valence-corrected chi connectivity index (χ3v) is 5.39. The minimum absolute atomic E-state index is 0.000298. The summed E-state index contributed by atoms with van der Waals surface area (Å²) in [5.41, 5.74) is 1.72. The maximum absolute atomic E-state index is 12.7. The van der Waals surface area contributed by atoms with Gasteiger partial charge in [0.25, 0.3) is 0 Å². The van der Waals surface area contributed by atoms with Crippen molar-refractivity contribution in [1.82, 2.24) is 9.47 Å². The fourth-order valence-electron chi connectivity index (χ4n) is 3.50. The first-order chi connectivity index (χ1) is 14.0. The maximum atomic E-state index is 12.7. The molecule has 4 rings (SSSR count). The SMILES string of the molecule is COc1cc(N2CCN(C(=O)Cn3c(=O)oc4cc(O)ccc43)CC2)ccc1Cl. The zero-order valence-electron chi connectivity index (χ0n) is 15.8. The van der Waals surface area contributed by atoms with Gasteiger partial charge in [-0.3, -0.25) is 9.36 Å². The van der Waals surface area contributed by atoms with Crippen molar-refractivity contribution in [2.24, 2.45) is 0 Å². The Kier molecular flexibility index (Phi) is 5.10. The van der Waals surface area contributed by atoms with E-state index < -0.39 is 5.76 Å². The molecule has 152 valence electrons. The first-order valence-electron chi connectivity index (χ1n) is 9.15. The van der Waals surface area contributed by atoms with Gasteiger partial charge in [-0.2, -0.15) is 0 Å². The maximum Gasteiger partial charge on any atom is 0.420 e. The van der Waals surface area contributed by atoms with Crippen LogP contribution in [-0.2, 0) is 11.3 Å². The van der Waals surface area contributed by atoms with Gasteiger partial charge in [0, 0.05) is 44.0 Å². The van der Waals surface area contributed by atoms with Crippen molar-refractivity contribution in [1.29, 1.82) is 0 Å². The van der Waals surface area contributed by atoms with Gasteiger partial charge in [0.15, 0.2) is 5.58 Å². The van der Waals surface area contributed by atoms with E-state index in [-0.39, 0.29) is 23.8 Å². The summed E-state index contributed by atoms with van der Waals surface area (Å²) >= 11 is 6.08. The number of rotatable bonds is 4. The highest BCUT2D eigenvalue weighted by atomic mass is 35.5. The lowest BCUT2D eigenvalue weighted by Crippen LogP contribution is -2.50. The molecule has 1 aromatic heterocycles. The molecule has 1 aliphatic rings. The molecule has 3 aromatic rings. The van der Waals surface area contributed by atoms with Gasteiger partial charge in [-0.25, -0.2) is 4.79 Å². The summed E-state index contributed by atoms with van der Waals surface area (Å²) < 4.78 is 11.7. The Bertz CT molecular complexity index is 1110. The number of aromatic hydroxyl groups is 1. The molecule has 1 N–H and O–H groups in total. The normalized spacial score (nSPS) is 14.4. The molecule has 0 bridgehead atoms. The number of oxazole rings is 1. The lowest BCUT2D eigenvalue weighted by atomic mass is 10.2. The predicted molar refractivity (Wildman–Crippen MR) is 109 cm³/mol. The van der Waals surface area contributed by atoms with E-state index in [4.69, 9.17) is 20.8 Å². The molecule has 2 heterocycles. The van der Waals surface area contributed by atoms with E-state index in [1.54, 1.807) is 24.1 Å². The molecule has 0 saturated carbocycles. The number of methoxy groups -OCH3 is 1. The van der Waals surface area contributed by atoms with Gasteiger partial charge in [0.1, 0.15) is 18.0 Å². The molecular weight excluding hydrogens is 398 g/mol. The van der Waals surface area contributed by atoms with Crippen molar-refractivity contribution in [3.8, 4) is 11.5 Å². The van der Waals surface area contributed by atoms with Crippen molar-refractivity contribution in [3.63, 3.8) is 0 Å². The van der Waals surface area contributed by atoms with Crippen LogP contribution in [0, 0.1) is 0 Å². The summed E-state index contributed by atoms with van der Waals surface area (Å²) in [6, 6.07) is 9.98. The average molecular weight is 418 g/mol. The number of halogens is 1. The largest absolute Gasteiger partial charge is 0.508 e. The van der Waals surface area contributed by atoms with Gasteiger partial charge in [-0.15, -0.1) is 0 Å². The third kappa shape index (κ3) is 3.75. The van der Waals surface area contributed by atoms with E-state index in [9.17, 15) is 14.7 Å². The van der Waals surface area contributed by atoms with E-state index in [2.05, 4.69) is 4.90 Å². The highest BCUT2D eigenvalue weighted by Gasteiger charge is 2.23. The van der Waals surface area contributed by atoms with Gasteiger partial charge in [0.05, 0.1) is 17.6 Å². The lowest BCUT2D eigenvalue weighted by Gasteiger charge is -2.36. The monoisotopic (exact) mass is 417 g/mol. The van der Waals surface area contributed by atoms with Crippen LogP contribution < -0.4 is 15.4 Å². The number of fused-ring (bicyclic) bond motifs is 1. The summed E-state index contributed by atoms with van der Waals surface area (Å²) in [7, 11) is 1.57. The smallest absolute Gasteiger partial charge is 0.420 e. The second kappa shape index (κ2) is 7.71. The predicted octanol–water partition coefficient (Wildman–Crippen LogP) is 2.31. The lowest BCUT2D eigenvalue weighted by molar-refractivity contribution is -0.132. The zero-order valence-corrected chi connectivity index (χ0v) is 16.6. The number of hydrogen-bond acceptors (Lipinski definition) is 6. The Morgan fingerprint density at radius 1 is 1.17 bits per heavy atom. The molecule has 8 nitrogen and oxygen atoms in total. The highest BCUT2D eigenvalue weighted by molar-refractivity contribution is 6.32. The van der Waals surface area contributed by atoms with Crippen LogP contribution in [-0.4, -0.2) is 53.8 Å². The Morgan fingerprint density at radius 3 is 2.66 bits per heavy atom. The number of carbonyl (C=O) groups excluding carboxylic acids is 1. The van der Waals surface area contributed by atoms with Gasteiger partial charge in [0.2, 0.25) is 5.91 Å². The number of phenolic OH excluding ortho intramolecular Hbond substituents is 1. The van der Waals surface area contributed by atoms with E-state index in [0.717, 1.165) is 5.69 Å². The number of amides is 1. The fourth-order valence-corrected chi connectivity index (χ4v) is 3.69. The molecule has 1 aliphatic heterocycles. The van der Waals surface area contributed by atoms with Gasteiger partial charge < -0.3 is 24.1 Å². The van der Waals surface area contributed by atoms with Gasteiger partial charge >= 0.3 is 5.76 Å². The Balaban J connectivity index is 1.43. The van der Waals surface area contributed by atoms with Crippen LogP contribution in [0.15, 0.2) is 45.6 Å². The van der Waals surface area contributed by atoms with Crippen LogP contribution in [0.2, 0.25) is 5.02 Å². The van der Waals surface area contributed by atoms with Crippen LogP contribution in [0.1, 0.15) is 0 Å². The zero-order chi connectivity index (χ0) is 20.5. The number of nitrogens with zero attached hydrogens (tertiary/aromatic N) is 3. The molecular formula is C20H20ClN3O5. The second-order valence-corrected chi connectivity index (χ2v) is 7.20. The minimum Gasteiger partial charge on any atom is -0.508 e. The molecule has 1 saturated heterocycles. The van der Waals surface area contributed by atoms with Crippen LogP contribution >= 0.6 is 11.6 Å². The fraction of sp³-hybridized carbons (Fsp3) is 0.300. The summed E-state index contributed by atoms with van der Waals surface area (Å²) in [6.45, 7) is 2.28. The highest BCUT2D eigenvalue weighted by Crippen LogP contribution is 2.29. The minimum atomic E-state index is -0.620. The van der Waals surface area contributed by atoms with Crippen molar-refractivity contribution < 1.29 is 19.1 Å². The number of benzene rings is 2. The van der Waals surface area contributed by atoms with Crippen LogP contribution in [0.4, 0.5) is 5.69 Å². The van der Waals surface area contributed by atoms with Gasteiger partial charge in [-0.1, -0.05) is 11.6 Å². The van der Waals surface area contributed by atoms with Crippen molar-refractivity contribution in [2.75, 3.05) is 38.2 Å². The molecule has 1 fully saturated rings. The summed E-state index contributed by atoms with van der Waals surface area (Å²) in [5, 5.41) is 10.1. The average Bonchev–Trinajstić information content (AvgIpc) is 3.02. The van der Waals surface area contributed by atoms with E-state index in [0.29, 0.717) is 42.5 Å². The quantitative estimate of drug-likeness (QED) is 0.700. The number of piperazine rings is 1. The molecule has 2 aromatic carbocycles. The Labute approximate surface area is 171 Å². The van der Waals surface area contributed by atoms with Crippen molar-refractivity contribution in [2.45, 2.75) is 6.54 Å². The van der Waals surface area contributed by atoms with Crippen LogP contribution in [0.3, 0.4) is 0 Å². The van der Waals surface area contributed by atoms with Crippen LogP contribution in [0.5, 0.6) is 11.5 Å². The Morgan fingerprint density at radius 2 is 1.93 bits per heavy atom. The molecule has 1 amide bonds. The molecule has 0 atom stereocenters. The van der Waals surface area contributed by atoms with E-state index >= 15 is 0 Å². The van der Waals surface area contributed by atoms with E-state index in [1.165, 1.54) is 16.7 Å². The van der Waals surface area contributed by atoms with Crippen molar-refractivity contribution in [3.05, 3.63) is 52.0 Å². The number of hydrogen-bond donors (Lipinski definition) is 1. The first-order valence-corrected chi connectivity index (χ1v) is 9.52. The molecule has 0 radical (unpaired) electrons. The molecule has 29 heavy (non-hydrogen) atoms. The Hall–Kier alpha value is -3.13. The van der Waals surface area contributed by atoms with Crippen molar-refractivity contribution >= 4 is 34.3 Å². The standard InChI is InChI=1S/C20H20ClN3O5/c1-28-17-10-13(2-4-15(17)21)22-6-8-23(9-7-22)19(26)12-24-16-5-3-14(25)11-18(16)29-20(24)27/h2-5,10-11,25H,6-9,12H2,1H3. The summed E-state index contributed by atoms with van der Waals surface area (Å²) in [4.78, 5) is 28.7. The summed E-state index contributed by atoms with van der Waals surface area (Å²) in [5.74, 6) is -0.165. The van der Waals surface area contributed by atoms with Gasteiger partial charge in [-0.05, 0) is 24.3 Å². The number of anilines is 1.